The van der Waals surface area contributed by atoms with Crippen LogP contribution >= 0.6 is 0 Å². The van der Waals surface area contributed by atoms with Crippen LogP contribution in [0.3, 0.4) is 0 Å². The molecule has 4 nitrogen and oxygen atoms in total. The Kier molecular flexibility index (Phi) is 3.40. The number of hydrogen-bond donors (Lipinski definition) is 2. The quantitative estimate of drug-likeness (QED) is 0.680. The molecule has 1 aromatic heterocycles. The Morgan fingerprint density at radius 1 is 1.69 bits per heavy atom. The summed E-state index contributed by atoms with van der Waals surface area (Å²) in [4.78, 5) is 15.0. The summed E-state index contributed by atoms with van der Waals surface area (Å²) < 4.78 is 0. The molecule has 0 aliphatic rings. The molecule has 1 amide bonds. The predicted molar refractivity (Wildman–Crippen MR) is 50.4 cm³/mol. The van der Waals surface area contributed by atoms with E-state index in [2.05, 4.69) is 10.3 Å². The Balaban J connectivity index is 2.84. The van der Waals surface area contributed by atoms with Crippen LogP contribution in [0.25, 0.3) is 0 Å². The van der Waals surface area contributed by atoms with Crippen LogP contribution in [0.1, 0.15) is 16.1 Å². The number of nitrogens with one attached hydrogen (secondary N) is 1. The number of carbonyl (C=O) groups is 1. The zero-order valence-electron chi connectivity index (χ0n) is 7.58. The van der Waals surface area contributed by atoms with Crippen molar-refractivity contribution in [3.63, 3.8) is 0 Å². The zero-order chi connectivity index (χ0) is 9.68. The van der Waals surface area contributed by atoms with E-state index in [4.69, 9.17) is 5.73 Å². The second-order valence-electron chi connectivity index (χ2n) is 2.72. The first-order valence-electron chi connectivity index (χ1n) is 4.14. The summed E-state index contributed by atoms with van der Waals surface area (Å²) in [5, 5.41) is 2.99. The van der Waals surface area contributed by atoms with Gasteiger partial charge < -0.3 is 11.1 Å². The van der Waals surface area contributed by atoms with Crippen molar-refractivity contribution in [1.82, 2.24) is 10.3 Å². The highest BCUT2D eigenvalue weighted by molar-refractivity contribution is 5.93. The maximum atomic E-state index is 10.9. The van der Waals surface area contributed by atoms with Gasteiger partial charge in [0.25, 0.3) is 5.91 Å². The minimum atomic E-state index is -0.417. The number of aromatic nitrogens is 1. The van der Waals surface area contributed by atoms with Gasteiger partial charge in [0.2, 0.25) is 0 Å². The van der Waals surface area contributed by atoms with Crippen molar-refractivity contribution >= 4 is 5.91 Å². The lowest BCUT2D eigenvalue weighted by atomic mass is 10.1. The lowest BCUT2D eigenvalue weighted by Crippen LogP contribution is -2.18. The molecule has 0 radical (unpaired) electrons. The smallest absolute Gasteiger partial charge is 0.250 e. The molecule has 3 N–H and O–H groups in total. The topological polar surface area (TPSA) is 68.0 Å². The van der Waals surface area contributed by atoms with Crippen molar-refractivity contribution in [2.45, 2.75) is 6.42 Å². The van der Waals surface area contributed by atoms with Gasteiger partial charge in [-0.2, -0.15) is 0 Å². The summed E-state index contributed by atoms with van der Waals surface area (Å²) in [6, 6.07) is 3.41. The summed E-state index contributed by atoms with van der Waals surface area (Å²) in [5.74, 6) is -0.417. The van der Waals surface area contributed by atoms with Gasteiger partial charge in [0.15, 0.2) is 0 Å². The van der Waals surface area contributed by atoms with Crippen LogP contribution in [0.4, 0.5) is 0 Å². The molecule has 0 spiro atoms. The third-order valence-electron chi connectivity index (χ3n) is 1.77. The van der Waals surface area contributed by atoms with E-state index in [1.165, 1.54) is 0 Å². The summed E-state index contributed by atoms with van der Waals surface area (Å²) in [5.41, 5.74) is 6.45. The fraction of sp³-hybridized carbons (Fsp3) is 0.333. The fourth-order valence-corrected chi connectivity index (χ4v) is 1.10. The number of likely N-dealkylation sites (N-methyl/N-ethyl adjacent to an activating group) is 1. The molecule has 0 saturated carbocycles. The molecule has 0 unspecified atom stereocenters. The van der Waals surface area contributed by atoms with Crippen molar-refractivity contribution in [1.29, 1.82) is 0 Å². The molecule has 0 saturated heterocycles. The molecule has 1 aromatic rings. The molecule has 70 valence electrons. The molecule has 0 aromatic carbocycles. The van der Waals surface area contributed by atoms with E-state index in [0.717, 1.165) is 18.7 Å². The Hall–Kier alpha value is -1.42. The number of primary amides is 1. The van der Waals surface area contributed by atoms with Gasteiger partial charge in [0.05, 0.1) is 11.3 Å². The van der Waals surface area contributed by atoms with E-state index >= 15 is 0 Å². The van der Waals surface area contributed by atoms with Crippen molar-refractivity contribution in [3.8, 4) is 0 Å². The second-order valence-corrected chi connectivity index (χ2v) is 2.72. The molecule has 1 heterocycles. The Morgan fingerprint density at radius 3 is 3.08 bits per heavy atom. The largest absolute Gasteiger partial charge is 0.366 e. The molecule has 13 heavy (non-hydrogen) atoms. The molecule has 4 heteroatoms. The first-order valence-corrected chi connectivity index (χ1v) is 4.14. The van der Waals surface area contributed by atoms with Crippen LogP contribution in [0, 0.1) is 0 Å². The maximum absolute atomic E-state index is 10.9. The zero-order valence-corrected chi connectivity index (χ0v) is 7.58. The van der Waals surface area contributed by atoms with Gasteiger partial charge in [-0.05, 0) is 19.2 Å². The summed E-state index contributed by atoms with van der Waals surface area (Å²) in [7, 11) is 1.85. The highest BCUT2D eigenvalue weighted by Crippen LogP contribution is 2.04. The van der Waals surface area contributed by atoms with Gasteiger partial charge in [-0.3, -0.25) is 9.78 Å². The lowest BCUT2D eigenvalue weighted by Gasteiger charge is -2.03. The van der Waals surface area contributed by atoms with E-state index in [0.29, 0.717) is 5.56 Å². The molecule has 0 fully saturated rings. The number of nitrogens with zero attached hydrogens (tertiary/aromatic N) is 1. The Labute approximate surface area is 77.2 Å². The number of amides is 1. The van der Waals surface area contributed by atoms with Crippen LogP contribution < -0.4 is 11.1 Å². The fourth-order valence-electron chi connectivity index (χ4n) is 1.10. The summed E-state index contributed by atoms with van der Waals surface area (Å²) >= 11 is 0. The summed E-state index contributed by atoms with van der Waals surface area (Å²) in [6.45, 7) is 0.789. The van der Waals surface area contributed by atoms with E-state index < -0.39 is 5.91 Å². The highest BCUT2D eigenvalue weighted by atomic mass is 16.1. The number of rotatable bonds is 4. The predicted octanol–water partition coefficient (Wildman–Crippen LogP) is -0.0576. The molecular weight excluding hydrogens is 166 g/mol. The van der Waals surface area contributed by atoms with E-state index in [-0.39, 0.29) is 0 Å². The second kappa shape index (κ2) is 4.57. The van der Waals surface area contributed by atoms with Crippen LogP contribution in [-0.2, 0) is 6.42 Å². The van der Waals surface area contributed by atoms with Crippen LogP contribution in [0.2, 0.25) is 0 Å². The normalized spacial score (nSPS) is 9.92. The van der Waals surface area contributed by atoms with E-state index in [1.54, 1.807) is 18.3 Å². The SMILES string of the molecule is CNCCc1ncccc1C(N)=O. The van der Waals surface area contributed by atoms with Gasteiger partial charge in [-0.25, -0.2) is 0 Å². The first-order chi connectivity index (χ1) is 6.25. The number of hydrogen-bond acceptors (Lipinski definition) is 3. The molecule has 0 aliphatic heterocycles. The molecular formula is C9H13N3O. The maximum Gasteiger partial charge on any atom is 0.250 e. The first kappa shape index (κ1) is 9.67. The van der Waals surface area contributed by atoms with Gasteiger partial charge in [0, 0.05) is 19.2 Å². The number of carbonyl (C=O) groups excluding carboxylic acids is 1. The minimum absolute atomic E-state index is 0.417. The highest BCUT2D eigenvalue weighted by Gasteiger charge is 2.06. The average Bonchev–Trinajstić information content (AvgIpc) is 2.15. The Morgan fingerprint density at radius 2 is 2.46 bits per heavy atom. The monoisotopic (exact) mass is 179 g/mol. The van der Waals surface area contributed by atoms with Gasteiger partial charge in [-0.15, -0.1) is 0 Å². The number of nitrogens with two attached hydrogens (primary N) is 1. The average molecular weight is 179 g/mol. The van der Waals surface area contributed by atoms with Crippen molar-refractivity contribution < 1.29 is 4.79 Å². The van der Waals surface area contributed by atoms with Crippen LogP contribution in [0.5, 0.6) is 0 Å². The van der Waals surface area contributed by atoms with Crippen LogP contribution in [0.15, 0.2) is 18.3 Å². The molecule has 0 aliphatic carbocycles. The third kappa shape index (κ3) is 2.52. The summed E-state index contributed by atoms with van der Waals surface area (Å²) in [6.07, 6.45) is 2.38. The van der Waals surface area contributed by atoms with Crippen molar-refractivity contribution in [3.05, 3.63) is 29.6 Å². The third-order valence-corrected chi connectivity index (χ3v) is 1.77. The molecule has 0 bridgehead atoms. The molecule has 1 rings (SSSR count). The van der Waals surface area contributed by atoms with Gasteiger partial charge in [-0.1, -0.05) is 0 Å². The molecule has 0 atom stereocenters. The standard InChI is InChI=1S/C9H13N3O/c1-11-6-4-8-7(9(10)13)3-2-5-12-8/h2-3,5,11H,4,6H2,1H3,(H2,10,13). The van der Waals surface area contributed by atoms with Crippen molar-refractivity contribution in [2.24, 2.45) is 5.73 Å². The Bertz CT molecular complexity index is 299. The number of pyridine rings is 1. The van der Waals surface area contributed by atoms with Gasteiger partial charge in [0.1, 0.15) is 0 Å². The van der Waals surface area contributed by atoms with Crippen molar-refractivity contribution in [2.75, 3.05) is 13.6 Å². The lowest BCUT2D eigenvalue weighted by molar-refractivity contribution is 0.0999. The minimum Gasteiger partial charge on any atom is -0.366 e. The van der Waals surface area contributed by atoms with Gasteiger partial charge >= 0.3 is 0 Å². The van der Waals surface area contributed by atoms with E-state index in [9.17, 15) is 4.79 Å². The van der Waals surface area contributed by atoms with E-state index in [1.807, 2.05) is 7.05 Å². The van der Waals surface area contributed by atoms with Crippen LogP contribution in [-0.4, -0.2) is 24.5 Å².